The topological polar surface area (TPSA) is 30.7 Å². The molecule has 0 aliphatic rings. The summed E-state index contributed by atoms with van der Waals surface area (Å²) < 4.78 is 1.96. The molecule has 1 aromatic carbocycles. The van der Waals surface area contributed by atoms with E-state index in [2.05, 4.69) is 17.1 Å². The molecule has 3 nitrogen and oxygen atoms in total. The van der Waals surface area contributed by atoms with Crippen LogP contribution >= 0.6 is 34.8 Å². The minimum Gasteiger partial charge on any atom is -0.310 e. The van der Waals surface area contributed by atoms with Crippen LogP contribution in [-0.2, 0) is 12.4 Å². The summed E-state index contributed by atoms with van der Waals surface area (Å²) in [4.78, 5) is 0. The van der Waals surface area contributed by atoms with Crippen molar-refractivity contribution in [1.82, 2.24) is 14.8 Å². The van der Waals surface area contributed by atoms with Crippen molar-refractivity contribution in [2.75, 3.05) is 0 Å². The number of halogens is 3. The molecule has 0 saturated carbocycles. The maximum atomic E-state index is 6.19. The van der Waals surface area contributed by atoms with Gasteiger partial charge in [-0.05, 0) is 18.6 Å². The van der Waals surface area contributed by atoms with Gasteiger partial charge >= 0.3 is 0 Å². The lowest BCUT2D eigenvalue weighted by atomic mass is 10.2. The average molecular weight is 305 g/mol. The Morgan fingerprint density at radius 3 is 2.39 bits per heavy atom. The first-order chi connectivity index (χ1) is 8.69. The largest absolute Gasteiger partial charge is 0.310 e. The molecular formula is C12H12Cl3N3. The Labute approximate surface area is 121 Å². The van der Waals surface area contributed by atoms with Crippen LogP contribution in [0.4, 0.5) is 0 Å². The Bertz CT molecular complexity index is 531. The van der Waals surface area contributed by atoms with E-state index in [1.807, 2.05) is 4.57 Å². The molecule has 2 rings (SSSR count). The van der Waals surface area contributed by atoms with Gasteiger partial charge in [0.05, 0.1) is 21.5 Å². The second-order valence-corrected chi connectivity index (χ2v) is 4.90. The van der Waals surface area contributed by atoms with E-state index in [0.29, 0.717) is 27.3 Å². The van der Waals surface area contributed by atoms with Gasteiger partial charge in [-0.1, -0.05) is 36.2 Å². The fourth-order valence-corrected chi connectivity index (χ4v) is 2.55. The van der Waals surface area contributed by atoms with Crippen LogP contribution in [-0.4, -0.2) is 14.8 Å². The molecule has 0 radical (unpaired) electrons. The number of hydrogen-bond acceptors (Lipinski definition) is 2. The summed E-state index contributed by atoms with van der Waals surface area (Å²) in [5.74, 6) is 1.71. The SMILES string of the molecule is CCCn1c(CCl)nnc1-c1c(Cl)cccc1Cl. The van der Waals surface area contributed by atoms with Gasteiger partial charge in [0, 0.05) is 6.54 Å². The van der Waals surface area contributed by atoms with E-state index >= 15 is 0 Å². The normalized spacial score (nSPS) is 10.9. The third-order valence-corrected chi connectivity index (χ3v) is 3.45. The van der Waals surface area contributed by atoms with Crippen LogP contribution in [0.1, 0.15) is 19.2 Å². The standard InChI is InChI=1S/C12H12Cl3N3/c1-2-6-18-10(7-13)16-17-12(18)11-8(14)4-3-5-9(11)15/h3-5H,2,6-7H2,1H3. The molecule has 0 fully saturated rings. The lowest BCUT2D eigenvalue weighted by Crippen LogP contribution is -2.04. The van der Waals surface area contributed by atoms with Crippen LogP contribution in [0.5, 0.6) is 0 Å². The summed E-state index contributed by atoms with van der Waals surface area (Å²) >= 11 is 18.2. The maximum absolute atomic E-state index is 6.19. The molecular weight excluding hydrogens is 293 g/mol. The lowest BCUT2D eigenvalue weighted by molar-refractivity contribution is 0.659. The van der Waals surface area contributed by atoms with Crippen molar-refractivity contribution in [2.24, 2.45) is 0 Å². The molecule has 0 atom stereocenters. The van der Waals surface area contributed by atoms with Crippen molar-refractivity contribution in [2.45, 2.75) is 25.8 Å². The Morgan fingerprint density at radius 1 is 1.17 bits per heavy atom. The molecule has 0 amide bonds. The summed E-state index contributed by atoms with van der Waals surface area (Å²) in [7, 11) is 0. The molecule has 6 heteroatoms. The second kappa shape index (κ2) is 5.91. The molecule has 96 valence electrons. The third kappa shape index (κ3) is 2.48. The van der Waals surface area contributed by atoms with Crippen LogP contribution in [0.15, 0.2) is 18.2 Å². The van der Waals surface area contributed by atoms with Gasteiger partial charge in [-0.25, -0.2) is 0 Å². The number of benzene rings is 1. The minimum atomic E-state index is 0.315. The van der Waals surface area contributed by atoms with Gasteiger partial charge in [0.1, 0.15) is 5.82 Å². The molecule has 0 aliphatic heterocycles. The highest BCUT2D eigenvalue weighted by molar-refractivity contribution is 6.39. The first kappa shape index (κ1) is 13.7. The Morgan fingerprint density at radius 2 is 1.83 bits per heavy atom. The molecule has 1 heterocycles. The molecule has 0 N–H and O–H groups in total. The number of hydrogen-bond donors (Lipinski definition) is 0. The summed E-state index contributed by atoms with van der Waals surface area (Å²) in [6.07, 6.45) is 0.955. The summed E-state index contributed by atoms with van der Waals surface area (Å²) in [5, 5.41) is 9.36. The molecule has 0 spiro atoms. The molecule has 0 bridgehead atoms. The lowest BCUT2D eigenvalue weighted by Gasteiger charge is -2.10. The Hall–Kier alpha value is -0.770. The van der Waals surface area contributed by atoms with E-state index in [1.165, 1.54) is 0 Å². The van der Waals surface area contributed by atoms with Crippen LogP contribution < -0.4 is 0 Å². The zero-order valence-electron chi connectivity index (χ0n) is 9.83. The molecule has 18 heavy (non-hydrogen) atoms. The minimum absolute atomic E-state index is 0.315. The van der Waals surface area contributed by atoms with Crippen molar-refractivity contribution >= 4 is 34.8 Å². The number of nitrogens with zero attached hydrogens (tertiary/aromatic N) is 3. The first-order valence-corrected chi connectivity index (χ1v) is 6.90. The quantitative estimate of drug-likeness (QED) is 0.784. The molecule has 1 aromatic heterocycles. The van der Waals surface area contributed by atoms with Crippen LogP contribution in [0.2, 0.25) is 10.0 Å². The van der Waals surface area contributed by atoms with Gasteiger partial charge in [-0.3, -0.25) is 0 Å². The van der Waals surface area contributed by atoms with Gasteiger partial charge in [-0.2, -0.15) is 0 Å². The molecule has 0 unspecified atom stereocenters. The molecule has 0 aliphatic carbocycles. The number of rotatable bonds is 4. The van der Waals surface area contributed by atoms with E-state index in [4.69, 9.17) is 34.8 Å². The first-order valence-electron chi connectivity index (χ1n) is 5.61. The summed E-state index contributed by atoms with van der Waals surface area (Å²) in [5.41, 5.74) is 0.707. The van der Waals surface area contributed by atoms with E-state index in [-0.39, 0.29) is 0 Å². The van der Waals surface area contributed by atoms with E-state index in [1.54, 1.807) is 18.2 Å². The van der Waals surface area contributed by atoms with Gasteiger partial charge < -0.3 is 4.57 Å². The van der Waals surface area contributed by atoms with Crippen molar-refractivity contribution < 1.29 is 0 Å². The predicted molar refractivity (Wildman–Crippen MR) is 75.3 cm³/mol. The highest BCUT2D eigenvalue weighted by Gasteiger charge is 2.17. The fraction of sp³-hybridized carbons (Fsp3) is 0.333. The fourth-order valence-electron chi connectivity index (χ4n) is 1.79. The Balaban J connectivity index is 2.60. The Kier molecular flexibility index (Phi) is 4.49. The zero-order chi connectivity index (χ0) is 13.1. The molecule has 2 aromatic rings. The smallest absolute Gasteiger partial charge is 0.167 e. The monoisotopic (exact) mass is 303 g/mol. The number of aromatic nitrogens is 3. The van der Waals surface area contributed by atoms with Crippen molar-refractivity contribution in [3.05, 3.63) is 34.1 Å². The van der Waals surface area contributed by atoms with Crippen LogP contribution in [0, 0.1) is 0 Å². The third-order valence-electron chi connectivity index (χ3n) is 2.58. The van der Waals surface area contributed by atoms with Crippen LogP contribution in [0.25, 0.3) is 11.4 Å². The highest BCUT2D eigenvalue weighted by Crippen LogP contribution is 2.33. The zero-order valence-corrected chi connectivity index (χ0v) is 12.1. The van der Waals surface area contributed by atoms with Crippen molar-refractivity contribution in [3.8, 4) is 11.4 Å². The van der Waals surface area contributed by atoms with Crippen molar-refractivity contribution in [1.29, 1.82) is 0 Å². The van der Waals surface area contributed by atoms with E-state index in [9.17, 15) is 0 Å². The average Bonchev–Trinajstić information content (AvgIpc) is 2.73. The number of alkyl halides is 1. The van der Waals surface area contributed by atoms with Crippen molar-refractivity contribution in [3.63, 3.8) is 0 Å². The predicted octanol–water partition coefficient (Wildman–Crippen LogP) is 4.40. The van der Waals surface area contributed by atoms with Crippen LogP contribution in [0.3, 0.4) is 0 Å². The molecule has 0 saturated heterocycles. The van der Waals surface area contributed by atoms with Gasteiger partial charge in [-0.15, -0.1) is 21.8 Å². The van der Waals surface area contributed by atoms with Gasteiger partial charge in [0.15, 0.2) is 5.82 Å². The second-order valence-electron chi connectivity index (χ2n) is 3.82. The summed E-state index contributed by atoms with van der Waals surface area (Å²) in [6, 6.07) is 5.37. The summed E-state index contributed by atoms with van der Waals surface area (Å²) in [6.45, 7) is 2.86. The maximum Gasteiger partial charge on any atom is 0.167 e. The highest BCUT2D eigenvalue weighted by atomic mass is 35.5. The van der Waals surface area contributed by atoms with Gasteiger partial charge in [0.25, 0.3) is 0 Å². The van der Waals surface area contributed by atoms with E-state index < -0.39 is 0 Å². The van der Waals surface area contributed by atoms with Gasteiger partial charge in [0.2, 0.25) is 0 Å². The van der Waals surface area contributed by atoms with E-state index in [0.717, 1.165) is 18.8 Å².